The number of ether oxygens (including phenoxy) is 1. The summed E-state index contributed by atoms with van der Waals surface area (Å²) in [6.45, 7) is 4.07. The second-order valence-corrected chi connectivity index (χ2v) is 8.57. The highest BCUT2D eigenvalue weighted by molar-refractivity contribution is 5.93. The van der Waals surface area contributed by atoms with Crippen molar-refractivity contribution in [1.29, 1.82) is 0 Å². The van der Waals surface area contributed by atoms with Crippen LogP contribution < -0.4 is 5.32 Å². The van der Waals surface area contributed by atoms with E-state index in [1.54, 1.807) is 13.8 Å². The standard InChI is InChI=1S/C25H28N2O5/c1-3-27(16(2)14-22(28)29)23(30)25(12-13-25)26-24(31)32-15-21-19-10-6-4-8-17(19)18-9-5-7-11-20(18)21/h4-11,16,21H,3,12-15H2,1-2H3,(H,26,31)(H,28,29). The summed E-state index contributed by atoms with van der Waals surface area (Å²) in [6, 6.07) is 15.8. The number of nitrogens with zero attached hydrogens (tertiary/aromatic N) is 1. The van der Waals surface area contributed by atoms with Crippen LogP contribution in [0, 0.1) is 0 Å². The number of carboxylic acids is 1. The Morgan fingerprint density at radius 3 is 2.16 bits per heavy atom. The van der Waals surface area contributed by atoms with Crippen LogP contribution in [-0.4, -0.2) is 52.7 Å². The summed E-state index contributed by atoms with van der Waals surface area (Å²) < 4.78 is 5.59. The van der Waals surface area contributed by atoms with Crippen molar-refractivity contribution in [3.8, 4) is 11.1 Å². The quantitative estimate of drug-likeness (QED) is 0.657. The molecule has 2 aromatic carbocycles. The summed E-state index contributed by atoms with van der Waals surface area (Å²) >= 11 is 0. The molecule has 1 fully saturated rings. The molecule has 0 spiro atoms. The predicted octanol–water partition coefficient (Wildman–Crippen LogP) is 3.77. The lowest BCUT2D eigenvalue weighted by Crippen LogP contribution is -2.53. The molecule has 0 radical (unpaired) electrons. The number of benzene rings is 2. The third kappa shape index (κ3) is 4.07. The van der Waals surface area contributed by atoms with E-state index < -0.39 is 23.6 Å². The van der Waals surface area contributed by atoms with Gasteiger partial charge in [0.2, 0.25) is 5.91 Å². The van der Waals surface area contributed by atoms with Crippen molar-refractivity contribution < 1.29 is 24.2 Å². The number of hydrogen-bond acceptors (Lipinski definition) is 4. The second-order valence-electron chi connectivity index (χ2n) is 8.57. The first-order valence-electron chi connectivity index (χ1n) is 11.0. The van der Waals surface area contributed by atoms with E-state index in [1.807, 2.05) is 24.3 Å². The van der Waals surface area contributed by atoms with E-state index in [9.17, 15) is 14.4 Å². The number of likely N-dealkylation sites (N-methyl/N-ethyl adjacent to an activating group) is 1. The molecule has 0 saturated heterocycles. The summed E-state index contributed by atoms with van der Waals surface area (Å²) in [7, 11) is 0. The van der Waals surface area contributed by atoms with Crippen LogP contribution in [0.25, 0.3) is 11.1 Å². The zero-order valence-electron chi connectivity index (χ0n) is 18.3. The van der Waals surface area contributed by atoms with Gasteiger partial charge in [-0.3, -0.25) is 9.59 Å². The molecule has 168 valence electrons. The number of rotatable bonds is 8. The molecule has 0 aromatic heterocycles. The van der Waals surface area contributed by atoms with E-state index in [1.165, 1.54) is 4.90 Å². The summed E-state index contributed by atoms with van der Waals surface area (Å²) in [5.74, 6) is -1.26. The molecule has 0 aliphatic heterocycles. The fourth-order valence-corrected chi connectivity index (χ4v) is 4.64. The maximum atomic E-state index is 13.1. The van der Waals surface area contributed by atoms with E-state index in [4.69, 9.17) is 9.84 Å². The van der Waals surface area contributed by atoms with Gasteiger partial charge in [-0.25, -0.2) is 4.79 Å². The first-order chi connectivity index (χ1) is 15.4. The van der Waals surface area contributed by atoms with E-state index in [2.05, 4.69) is 29.6 Å². The SMILES string of the molecule is CCN(C(=O)C1(NC(=O)OCC2c3ccccc3-c3ccccc32)CC1)C(C)CC(=O)O. The molecule has 0 bridgehead atoms. The highest BCUT2D eigenvalue weighted by Gasteiger charge is 2.54. The van der Waals surface area contributed by atoms with Crippen LogP contribution in [0.4, 0.5) is 4.79 Å². The Hall–Kier alpha value is -3.35. The molecule has 1 saturated carbocycles. The molecule has 1 atom stereocenters. The maximum absolute atomic E-state index is 13.1. The lowest BCUT2D eigenvalue weighted by Gasteiger charge is -2.31. The Kier molecular flexibility index (Phi) is 5.91. The zero-order chi connectivity index (χ0) is 22.9. The van der Waals surface area contributed by atoms with E-state index in [-0.39, 0.29) is 24.9 Å². The number of nitrogens with one attached hydrogen (secondary N) is 1. The van der Waals surface area contributed by atoms with Crippen LogP contribution in [0.3, 0.4) is 0 Å². The minimum atomic E-state index is -0.995. The van der Waals surface area contributed by atoms with Gasteiger partial charge < -0.3 is 20.1 Å². The Morgan fingerprint density at radius 1 is 1.09 bits per heavy atom. The summed E-state index contributed by atoms with van der Waals surface area (Å²) in [5.41, 5.74) is 3.55. The number of fused-ring (bicyclic) bond motifs is 3. The fourth-order valence-electron chi connectivity index (χ4n) is 4.64. The molecule has 0 heterocycles. The fraction of sp³-hybridized carbons (Fsp3) is 0.400. The van der Waals surface area contributed by atoms with Crippen molar-refractivity contribution in [2.75, 3.05) is 13.2 Å². The van der Waals surface area contributed by atoms with Crippen molar-refractivity contribution in [2.45, 2.75) is 50.6 Å². The van der Waals surface area contributed by atoms with Crippen LogP contribution in [0.2, 0.25) is 0 Å². The third-order valence-corrected chi connectivity index (χ3v) is 6.45. The highest BCUT2D eigenvalue weighted by Crippen LogP contribution is 2.44. The van der Waals surface area contributed by atoms with Crippen molar-refractivity contribution in [1.82, 2.24) is 10.2 Å². The Bertz CT molecular complexity index is 1000. The van der Waals surface area contributed by atoms with Gasteiger partial charge in [-0.15, -0.1) is 0 Å². The van der Waals surface area contributed by atoms with Gasteiger partial charge in [0, 0.05) is 18.5 Å². The van der Waals surface area contributed by atoms with Gasteiger partial charge >= 0.3 is 12.1 Å². The molecule has 1 unspecified atom stereocenters. The number of carboxylic acid groups (broad SMARTS) is 1. The lowest BCUT2D eigenvalue weighted by atomic mass is 9.98. The zero-order valence-corrected chi connectivity index (χ0v) is 18.3. The predicted molar refractivity (Wildman–Crippen MR) is 119 cm³/mol. The number of hydrogen-bond donors (Lipinski definition) is 2. The number of amides is 2. The molecule has 2 aliphatic rings. The second kappa shape index (κ2) is 8.65. The molecule has 2 aromatic rings. The summed E-state index contributed by atoms with van der Waals surface area (Å²) in [6.07, 6.45) is 0.277. The molecular formula is C25H28N2O5. The molecule has 2 N–H and O–H groups in total. The molecule has 7 heteroatoms. The number of aliphatic carboxylic acids is 1. The van der Waals surface area contributed by atoms with Crippen LogP contribution in [-0.2, 0) is 14.3 Å². The van der Waals surface area contributed by atoms with E-state index >= 15 is 0 Å². The van der Waals surface area contributed by atoms with Crippen molar-refractivity contribution >= 4 is 18.0 Å². The molecule has 4 rings (SSSR count). The van der Waals surface area contributed by atoms with Crippen LogP contribution in [0.1, 0.15) is 50.2 Å². The molecule has 2 aliphatic carbocycles. The average Bonchev–Trinajstić information content (AvgIpc) is 3.48. The minimum absolute atomic E-state index is 0.0540. The van der Waals surface area contributed by atoms with Gasteiger partial charge in [0.05, 0.1) is 6.42 Å². The first kappa shape index (κ1) is 21.9. The summed E-state index contributed by atoms with van der Waals surface area (Å²) in [5, 5.41) is 11.8. The average molecular weight is 437 g/mol. The van der Waals surface area contributed by atoms with Crippen molar-refractivity contribution in [2.24, 2.45) is 0 Å². The molecule has 32 heavy (non-hydrogen) atoms. The molecule has 2 amide bonds. The van der Waals surface area contributed by atoms with Gasteiger partial charge in [0.25, 0.3) is 0 Å². The van der Waals surface area contributed by atoms with Gasteiger partial charge in [-0.1, -0.05) is 48.5 Å². The third-order valence-electron chi connectivity index (χ3n) is 6.45. The Balaban J connectivity index is 1.41. The van der Waals surface area contributed by atoms with E-state index in [0.717, 1.165) is 22.3 Å². The Morgan fingerprint density at radius 2 is 1.66 bits per heavy atom. The van der Waals surface area contributed by atoms with Gasteiger partial charge in [-0.05, 0) is 48.9 Å². The van der Waals surface area contributed by atoms with Crippen LogP contribution in [0.5, 0.6) is 0 Å². The van der Waals surface area contributed by atoms with Crippen LogP contribution >= 0.6 is 0 Å². The molecular weight excluding hydrogens is 408 g/mol. The minimum Gasteiger partial charge on any atom is -0.481 e. The number of carbonyl (C=O) groups is 3. The highest BCUT2D eigenvalue weighted by atomic mass is 16.5. The van der Waals surface area contributed by atoms with Gasteiger partial charge in [-0.2, -0.15) is 0 Å². The molecule has 7 nitrogen and oxygen atoms in total. The maximum Gasteiger partial charge on any atom is 0.408 e. The first-order valence-corrected chi connectivity index (χ1v) is 11.0. The smallest absolute Gasteiger partial charge is 0.408 e. The monoisotopic (exact) mass is 436 g/mol. The largest absolute Gasteiger partial charge is 0.481 e. The normalized spacial score (nSPS) is 16.4. The number of alkyl carbamates (subject to hydrolysis) is 1. The lowest BCUT2D eigenvalue weighted by molar-refractivity contribution is -0.141. The van der Waals surface area contributed by atoms with Crippen molar-refractivity contribution in [3.05, 3.63) is 59.7 Å². The number of carbonyl (C=O) groups excluding carboxylic acids is 2. The Labute approximate surface area is 187 Å². The van der Waals surface area contributed by atoms with Gasteiger partial charge in [0.15, 0.2) is 0 Å². The van der Waals surface area contributed by atoms with Crippen molar-refractivity contribution in [3.63, 3.8) is 0 Å². The topological polar surface area (TPSA) is 95.9 Å². The van der Waals surface area contributed by atoms with Gasteiger partial charge in [0.1, 0.15) is 12.1 Å². The van der Waals surface area contributed by atoms with E-state index in [0.29, 0.717) is 19.4 Å². The van der Waals surface area contributed by atoms with Crippen LogP contribution in [0.15, 0.2) is 48.5 Å². The summed E-state index contributed by atoms with van der Waals surface area (Å²) in [4.78, 5) is 38.3.